The van der Waals surface area contributed by atoms with Gasteiger partial charge in [-0.25, -0.2) is 8.78 Å². The zero-order chi connectivity index (χ0) is 17.1. The van der Waals surface area contributed by atoms with E-state index in [-0.39, 0.29) is 13.0 Å². The zero-order valence-corrected chi connectivity index (χ0v) is 13.5. The average Bonchev–Trinajstić information content (AvgIpc) is 2.55. The van der Waals surface area contributed by atoms with Gasteiger partial charge >= 0.3 is 0 Å². The van der Waals surface area contributed by atoms with Gasteiger partial charge in [0.1, 0.15) is 11.6 Å². The highest BCUT2D eigenvalue weighted by molar-refractivity contribution is 5.64. The van der Waals surface area contributed by atoms with Gasteiger partial charge in [-0.15, -0.1) is 0 Å². The minimum atomic E-state index is -0.628. The first kappa shape index (κ1) is 18.4. The van der Waals surface area contributed by atoms with Crippen LogP contribution in [-0.2, 0) is 0 Å². The summed E-state index contributed by atoms with van der Waals surface area (Å²) >= 11 is 0. The number of benzene rings is 3. The molecule has 0 aliphatic heterocycles. The normalized spacial score (nSPS) is 9.76. The fourth-order valence-electron chi connectivity index (χ4n) is 2.45. The molecule has 0 atom stereocenters. The van der Waals surface area contributed by atoms with Gasteiger partial charge in [-0.05, 0) is 54.8 Å². The van der Waals surface area contributed by atoms with Crippen LogP contribution in [0.3, 0.4) is 0 Å². The zero-order valence-electron chi connectivity index (χ0n) is 13.5. The van der Waals surface area contributed by atoms with E-state index in [4.69, 9.17) is 0 Å². The Bertz CT molecular complexity index is 902. The van der Waals surface area contributed by atoms with E-state index in [1.807, 2.05) is 31.2 Å². The van der Waals surface area contributed by atoms with Gasteiger partial charge in [-0.1, -0.05) is 61.2 Å². The van der Waals surface area contributed by atoms with Crippen molar-refractivity contribution in [3.8, 4) is 23.0 Å². The average molecular weight is 334 g/mol. The van der Waals surface area contributed by atoms with Crippen LogP contribution >= 0.6 is 0 Å². The third kappa shape index (κ3) is 4.33. The second-order valence-corrected chi connectivity index (χ2v) is 5.80. The molecule has 0 N–H and O–H groups in total. The van der Waals surface area contributed by atoms with Crippen molar-refractivity contribution in [3.63, 3.8) is 0 Å². The minimum Gasteiger partial charge on any atom is -0.206 e. The van der Waals surface area contributed by atoms with E-state index < -0.39 is 11.6 Å². The summed E-state index contributed by atoms with van der Waals surface area (Å²) in [6.07, 6.45) is 0. The standard InChI is InChI=1S/C22H16F2.CH4/c1-15-3-8-18(9-4-15)19-10-5-17(6-11-19)7-12-20-21(23)13-16(2)14-22(20)24;/h3-6,8-11,13-14H,1-2H3;1H4. The molecule has 0 aliphatic carbocycles. The van der Waals surface area contributed by atoms with Crippen LogP contribution in [0.4, 0.5) is 8.78 Å². The molecule has 2 heteroatoms. The maximum atomic E-state index is 13.8. The molecule has 0 saturated heterocycles. The van der Waals surface area contributed by atoms with Crippen LogP contribution in [0.25, 0.3) is 11.1 Å². The first-order valence-electron chi connectivity index (χ1n) is 7.68. The van der Waals surface area contributed by atoms with Crippen LogP contribution in [0.1, 0.15) is 29.7 Å². The number of hydrogen-bond donors (Lipinski definition) is 0. The lowest BCUT2D eigenvalue weighted by Gasteiger charge is -2.02. The van der Waals surface area contributed by atoms with Crippen molar-refractivity contribution in [2.45, 2.75) is 21.3 Å². The molecule has 0 spiro atoms. The maximum Gasteiger partial charge on any atom is 0.142 e. The van der Waals surface area contributed by atoms with Crippen molar-refractivity contribution in [1.82, 2.24) is 0 Å². The van der Waals surface area contributed by atoms with Crippen LogP contribution in [0, 0.1) is 37.3 Å². The molecule has 3 aromatic rings. The summed E-state index contributed by atoms with van der Waals surface area (Å²) in [7, 11) is 0. The number of halogens is 2. The lowest BCUT2D eigenvalue weighted by molar-refractivity contribution is 0.575. The lowest BCUT2D eigenvalue weighted by Crippen LogP contribution is -1.91. The van der Waals surface area contributed by atoms with Crippen molar-refractivity contribution < 1.29 is 8.78 Å². The molecule has 0 saturated carbocycles. The molecule has 0 aromatic heterocycles. The van der Waals surface area contributed by atoms with Gasteiger partial charge in [0.05, 0.1) is 5.56 Å². The lowest BCUT2D eigenvalue weighted by atomic mass is 10.0. The van der Waals surface area contributed by atoms with Crippen molar-refractivity contribution in [2.24, 2.45) is 0 Å². The number of rotatable bonds is 1. The predicted molar refractivity (Wildman–Crippen MR) is 100 cm³/mol. The summed E-state index contributed by atoms with van der Waals surface area (Å²) in [4.78, 5) is 0. The van der Waals surface area contributed by atoms with E-state index in [1.165, 1.54) is 17.7 Å². The monoisotopic (exact) mass is 334 g/mol. The molecule has 0 radical (unpaired) electrons. The molecule has 126 valence electrons. The fourth-order valence-corrected chi connectivity index (χ4v) is 2.45. The van der Waals surface area contributed by atoms with Crippen molar-refractivity contribution in [3.05, 3.63) is 94.6 Å². The summed E-state index contributed by atoms with van der Waals surface area (Å²) in [5.41, 5.74) is 4.47. The van der Waals surface area contributed by atoms with Gasteiger partial charge < -0.3 is 0 Å². The van der Waals surface area contributed by atoms with E-state index in [9.17, 15) is 8.78 Å². The van der Waals surface area contributed by atoms with E-state index in [1.54, 1.807) is 6.92 Å². The number of hydrogen-bond acceptors (Lipinski definition) is 0. The van der Waals surface area contributed by atoms with Crippen molar-refractivity contribution in [1.29, 1.82) is 0 Å². The predicted octanol–water partition coefficient (Wildman–Crippen LogP) is 6.28. The van der Waals surface area contributed by atoms with Gasteiger partial charge in [-0.3, -0.25) is 0 Å². The largest absolute Gasteiger partial charge is 0.206 e. The summed E-state index contributed by atoms with van der Waals surface area (Å²) in [6.45, 7) is 3.69. The third-order valence-corrected chi connectivity index (χ3v) is 3.79. The molecule has 0 fully saturated rings. The van der Waals surface area contributed by atoms with Crippen molar-refractivity contribution in [2.75, 3.05) is 0 Å². The van der Waals surface area contributed by atoms with Gasteiger partial charge in [0.25, 0.3) is 0 Å². The quantitative estimate of drug-likeness (QED) is 0.459. The van der Waals surface area contributed by atoms with E-state index in [0.29, 0.717) is 11.1 Å². The highest BCUT2D eigenvalue weighted by Crippen LogP contribution is 2.20. The summed E-state index contributed by atoms with van der Waals surface area (Å²) < 4.78 is 27.6. The Labute approximate surface area is 148 Å². The number of aryl methyl sites for hydroxylation is 2. The Balaban J connectivity index is 0.00000225. The molecule has 0 amide bonds. The van der Waals surface area contributed by atoms with Crippen LogP contribution in [0.2, 0.25) is 0 Å². The van der Waals surface area contributed by atoms with Crippen LogP contribution in [-0.4, -0.2) is 0 Å². The maximum absolute atomic E-state index is 13.8. The summed E-state index contributed by atoms with van der Waals surface area (Å²) in [6, 6.07) is 18.4. The van der Waals surface area contributed by atoms with Gasteiger partial charge in [0.15, 0.2) is 0 Å². The molecular formula is C23H20F2. The molecule has 3 aromatic carbocycles. The summed E-state index contributed by atoms with van der Waals surface area (Å²) in [5.74, 6) is 4.15. The van der Waals surface area contributed by atoms with E-state index in [2.05, 4.69) is 36.1 Å². The molecule has 0 bridgehead atoms. The van der Waals surface area contributed by atoms with Crippen LogP contribution in [0.15, 0.2) is 60.7 Å². The Morgan fingerprint density at radius 2 is 1.12 bits per heavy atom. The van der Waals surface area contributed by atoms with Gasteiger partial charge in [0.2, 0.25) is 0 Å². The molecular weight excluding hydrogens is 314 g/mol. The molecule has 0 aliphatic rings. The topological polar surface area (TPSA) is 0 Å². The van der Waals surface area contributed by atoms with Crippen LogP contribution in [0.5, 0.6) is 0 Å². The first-order chi connectivity index (χ1) is 11.5. The van der Waals surface area contributed by atoms with Crippen molar-refractivity contribution >= 4 is 0 Å². The van der Waals surface area contributed by atoms with Gasteiger partial charge in [0, 0.05) is 5.56 Å². The van der Waals surface area contributed by atoms with Gasteiger partial charge in [-0.2, -0.15) is 0 Å². The second-order valence-electron chi connectivity index (χ2n) is 5.80. The SMILES string of the molecule is C.Cc1ccc(-c2ccc(C#Cc3c(F)cc(C)cc3F)cc2)cc1. The fraction of sp³-hybridized carbons (Fsp3) is 0.130. The van der Waals surface area contributed by atoms with E-state index >= 15 is 0 Å². The highest BCUT2D eigenvalue weighted by atomic mass is 19.1. The smallest absolute Gasteiger partial charge is 0.142 e. The second kappa shape index (κ2) is 7.77. The Kier molecular flexibility index (Phi) is 5.72. The van der Waals surface area contributed by atoms with Crippen LogP contribution < -0.4 is 0 Å². The highest BCUT2D eigenvalue weighted by Gasteiger charge is 2.07. The summed E-state index contributed by atoms with van der Waals surface area (Å²) in [5, 5.41) is 0. The Hall–Kier alpha value is -2.92. The molecule has 3 rings (SSSR count). The molecule has 0 heterocycles. The third-order valence-electron chi connectivity index (χ3n) is 3.79. The first-order valence-corrected chi connectivity index (χ1v) is 7.68. The van der Waals surface area contributed by atoms with E-state index in [0.717, 1.165) is 11.1 Å². The molecule has 25 heavy (non-hydrogen) atoms. The minimum absolute atomic E-state index is 0. The Morgan fingerprint density at radius 1 is 0.640 bits per heavy atom. The Morgan fingerprint density at radius 3 is 1.64 bits per heavy atom. The molecule has 0 nitrogen and oxygen atoms in total. The molecule has 0 unspecified atom stereocenters.